The lowest BCUT2D eigenvalue weighted by molar-refractivity contribution is -0.120. The van der Waals surface area contributed by atoms with Crippen LogP contribution in [0.1, 0.15) is 65.8 Å². The van der Waals surface area contributed by atoms with Gasteiger partial charge in [-0.3, -0.25) is 9.36 Å². The van der Waals surface area contributed by atoms with Crippen LogP contribution in [0.15, 0.2) is 22.7 Å². The maximum atomic E-state index is 12.5. The van der Waals surface area contributed by atoms with Gasteiger partial charge in [0.1, 0.15) is 0 Å². The molecule has 0 aromatic carbocycles. The third-order valence-corrected chi connectivity index (χ3v) is 8.73. The molecule has 4 rings (SSSR count). The van der Waals surface area contributed by atoms with E-state index in [9.17, 15) is 4.79 Å². The minimum Gasteiger partial charge on any atom is -0.351 e. The topological polar surface area (TPSA) is 59.8 Å². The molecule has 4 atom stereocenters. The number of hydrogen-bond acceptors (Lipinski definition) is 5. The van der Waals surface area contributed by atoms with Crippen molar-refractivity contribution in [1.82, 2.24) is 20.1 Å². The number of nitrogens with one attached hydrogen (secondary N) is 1. The lowest BCUT2D eigenvalue weighted by atomic mass is 9.84. The Bertz CT molecular complexity index is 845. The summed E-state index contributed by atoms with van der Waals surface area (Å²) in [4.78, 5) is 13.6. The van der Waals surface area contributed by atoms with Crippen LogP contribution < -0.4 is 5.32 Å². The summed E-state index contributed by atoms with van der Waals surface area (Å²) in [6.07, 6.45) is 6.39. The first kappa shape index (κ1) is 20.9. The fraction of sp³-hybridized carbons (Fsp3) is 0.682. The Morgan fingerprint density at radius 3 is 2.83 bits per heavy atom. The Hall–Kier alpha value is -1.34. The van der Waals surface area contributed by atoms with Crippen LogP contribution in [0.5, 0.6) is 0 Å². The summed E-state index contributed by atoms with van der Waals surface area (Å²) in [6, 6.07) is 4.54. The van der Waals surface area contributed by atoms with Gasteiger partial charge in [-0.2, -0.15) is 0 Å². The molecule has 7 heteroatoms. The van der Waals surface area contributed by atoms with Crippen molar-refractivity contribution in [3.8, 4) is 10.7 Å². The van der Waals surface area contributed by atoms with Gasteiger partial charge in [0.15, 0.2) is 11.0 Å². The van der Waals surface area contributed by atoms with Crippen LogP contribution in [0.25, 0.3) is 10.7 Å². The van der Waals surface area contributed by atoms with Gasteiger partial charge in [-0.25, -0.2) is 0 Å². The van der Waals surface area contributed by atoms with E-state index in [1.807, 2.05) is 0 Å². The van der Waals surface area contributed by atoms with E-state index < -0.39 is 0 Å². The highest BCUT2D eigenvalue weighted by molar-refractivity contribution is 7.99. The van der Waals surface area contributed by atoms with E-state index in [4.69, 9.17) is 0 Å². The van der Waals surface area contributed by atoms with Gasteiger partial charge in [-0.1, -0.05) is 31.2 Å². The summed E-state index contributed by atoms with van der Waals surface area (Å²) in [5.41, 5.74) is -0.177. The average Bonchev–Trinajstić information content (AvgIpc) is 3.49. The number of carbonyl (C=O) groups excluding carboxylic acids is 1. The predicted molar refractivity (Wildman–Crippen MR) is 120 cm³/mol. The summed E-state index contributed by atoms with van der Waals surface area (Å²) < 4.78 is 2.32. The molecule has 0 saturated heterocycles. The van der Waals surface area contributed by atoms with Crippen LogP contribution in [-0.4, -0.2) is 32.0 Å². The molecule has 5 nitrogen and oxygen atoms in total. The fourth-order valence-corrected chi connectivity index (χ4v) is 6.55. The average molecular weight is 433 g/mol. The van der Waals surface area contributed by atoms with Gasteiger partial charge in [0, 0.05) is 11.6 Å². The van der Waals surface area contributed by atoms with Crippen molar-refractivity contribution in [2.24, 2.45) is 17.8 Å². The molecule has 2 aliphatic carbocycles. The molecule has 2 bridgehead atoms. The number of rotatable bonds is 8. The van der Waals surface area contributed by atoms with Crippen LogP contribution in [0.4, 0.5) is 0 Å². The van der Waals surface area contributed by atoms with Gasteiger partial charge in [0.2, 0.25) is 5.91 Å². The van der Waals surface area contributed by atoms with E-state index in [1.165, 1.54) is 37.4 Å². The van der Waals surface area contributed by atoms with Crippen LogP contribution in [0, 0.1) is 17.8 Å². The van der Waals surface area contributed by atoms with Crippen molar-refractivity contribution in [2.45, 2.75) is 76.5 Å². The summed E-state index contributed by atoms with van der Waals surface area (Å²) >= 11 is 3.22. The van der Waals surface area contributed by atoms with Gasteiger partial charge in [0.05, 0.1) is 10.6 Å². The van der Waals surface area contributed by atoms with Crippen molar-refractivity contribution in [1.29, 1.82) is 0 Å². The second kappa shape index (κ2) is 8.42. The first-order valence-corrected chi connectivity index (χ1v) is 12.7. The summed E-state index contributed by atoms with van der Waals surface area (Å²) in [5, 5.41) is 15.1. The Balaban J connectivity index is 1.55. The minimum absolute atomic E-state index is 0.0571. The normalized spacial score (nSPS) is 24.8. The van der Waals surface area contributed by atoms with Gasteiger partial charge in [-0.15, -0.1) is 21.5 Å². The number of aromatic nitrogens is 3. The van der Waals surface area contributed by atoms with E-state index in [2.05, 4.69) is 65.3 Å². The molecular weight excluding hydrogens is 400 g/mol. The molecule has 2 aromatic heterocycles. The molecular formula is C22H32N4OS2. The van der Waals surface area contributed by atoms with Gasteiger partial charge >= 0.3 is 0 Å². The minimum atomic E-state index is -0.177. The van der Waals surface area contributed by atoms with Crippen LogP contribution in [-0.2, 0) is 4.79 Å². The van der Waals surface area contributed by atoms with E-state index >= 15 is 0 Å². The van der Waals surface area contributed by atoms with Crippen LogP contribution >= 0.6 is 23.1 Å². The van der Waals surface area contributed by atoms with Crippen molar-refractivity contribution < 1.29 is 4.79 Å². The zero-order valence-electron chi connectivity index (χ0n) is 17.9. The van der Waals surface area contributed by atoms with Crippen molar-refractivity contribution in [3.63, 3.8) is 0 Å². The lowest BCUT2D eigenvalue weighted by Gasteiger charge is -2.30. The molecule has 1 amide bonds. The highest BCUT2D eigenvalue weighted by Crippen LogP contribution is 2.53. The first-order valence-electron chi connectivity index (χ1n) is 10.8. The molecule has 2 aliphatic rings. The second-order valence-corrected chi connectivity index (χ2v) is 11.2. The molecule has 0 spiro atoms. The molecule has 2 fully saturated rings. The number of thioether (sulfide) groups is 1. The van der Waals surface area contributed by atoms with Crippen molar-refractivity contribution in [3.05, 3.63) is 17.5 Å². The molecule has 2 aromatic rings. The third-order valence-electron chi connectivity index (χ3n) is 6.92. The molecule has 4 unspecified atom stereocenters. The third kappa shape index (κ3) is 4.41. The van der Waals surface area contributed by atoms with Crippen molar-refractivity contribution >= 4 is 29.0 Å². The second-order valence-electron chi connectivity index (χ2n) is 9.31. The Labute approximate surface area is 182 Å². The molecule has 1 N–H and O–H groups in total. The molecule has 29 heavy (non-hydrogen) atoms. The maximum Gasteiger partial charge on any atom is 0.230 e. The largest absolute Gasteiger partial charge is 0.351 e. The summed E-state index contributed by atoms with van der Waals surface area (Å²) in [5.74, 6) is 3.81. The first-order chi connectivity index (χ1) is 13.9. The molecule has 158 valence electrons. The molecule has 2 heterocycles. The maximum absolute atomic E-state index is 12.5. The highest BCUT2D eigenvalue weighted by Gasteiger charge is 2.43. The number of thiophene rings is 1. The number of amides is 1. The Morgan fingerprint density at radius 1 is 1.38 bits per heavy atom. The smallest absolute Gasteiger partial charge is 0.230 e. The van der Waals surface area contributed by atoms with Crippen LogP contribution in [0.2, 0.25) is 0 Å². The lowest BCUT2D eigenvalue weighted by Crippen LogP contribution is -2.43. The van der Waals surface area contributed by atoms with E-state index in [-0.39, 0.29) is 11.4 Å². The zero-order chi connectivity index (χ0) is 20.6. The van der Waals surface area contributed by atoms with Crippen LogP contribution in [0.3, 0.4) is 0 Å². The Morgan fingerprint density at radius 2 is 2.21 bits per heavy atom. The Kier molecular flexibility index (Phi) is 6.07. The van der Waals surface area contributed by atoms with E-state index in [0.717, 1.165) is 34.1 Å². The van der Waals surface area contributed by atoms with Gasteiger partial charge < -0.3 is 5.32 Å². The standard InChI is InChI=1S/C22H32N4OS2/c1-5-22(3,4)23-19(27)13-29-21-25-24-20(18-7-6-10-28-18)26(21)14(2)17-12-15-8-9-16(17)11-15/h6-7,10,14-17H,5,8-9,11-13H2,1-4H3,(H,23,27). The predicted octanol–water partition coefficient (Wildman–Crippen LogP) is 5.40. The quantitative estimate of drug-likeness (QED) is 0.567. The van der Waals surface area contributed by atoms with Gasteiger partial charge in [-0.05, 0) is 75.7 Å². The number of fused-ring (bicyclic) bond motifs is 2. The summed E-state index contributed by atoms with van der Waals surface area (Å²) in [6.45, 7) is 8.54. The molecule has 0 radical (unpaired) electrons. The monoisotopic (exact) mass is 432 g/mol. The molecule has 0 aliphatic heterocycles. The number of nitrogens with zero attached hydrogens (tertiary/aromatic N) is 3. The number of carbonyl (C=O) groups is 1. The fourth-order valence-electron chi connectivity index (χ4n) is 5.02. The highest BCUT2D eigenvalue weighted by atomic mass is 32.2. The van der Waals surface area contributed by atoms with Crippen molar-refractivity contribution in [2.75, 3.05) is 5.75 Å². The van der Waals surface area contributed by atoms with Gasteiger partial charge in [0.25, 0.3) is 0 Å². The SMILES string of the molecule is CCC(C)(C)NC(=O)CSc1nnc(-c2cccs2)n1C(C)C1CC2CCC1C2. The number of hydrogen-bond donors (Lipinski definition) is 1. The van der Waals surface area contributed by atoms with E-state index in [1.54, 1.807) is 11.3 Å². The zero-order valence-corrected chi connectivity index (χ0v) is 19.5. The molecule has 2 saturated carbocycles. The van der Waals surface area contributed by atoms with E-state index in [0.29, 0.717) is 17.7 Å². The summed E-state index contributed by atoms with van der Waals surface area (Å²) in [7, 11) is 0.